The fourth-order valence-corrected chi connectivity index (χ4v) is 2.14. The van der Waals surface area contributed by atoms with Gasteiger partial charge in [0.1, 0.15) is 11.8 Å². The van der Waals surface area contributed by atoms with Gasteiger partial charge in [-0.15, -0.1) is 0 Å². The van der Waals surface area contributed by atoms with E-state index in [-0.39, 0.29) is 0 Å². The lowest BCUT2D eigenvalue weighted by Crippen LogP contribution is -1.93. The maximum Gasteiger partial charge on any atom is 0.181 e. The Kier molecular flexibility index (Phi) is 1.44. The van der Waals surface area contributed by atoms with Crippen LogP contribution < -0.4 is 0 Å². The standard InChI is InChI=1S/C8H7BrN4/c9-8-12-7-6(3-10-4-11-7)13(8)5-1-2-5/h3-5H,1-2H2. The number of aromatic nitrogens is 4. The van der Waals surface area contributed by atoms with Gasteiger partial charge in [-0.1, -0.05) is 0 Å². The minimum Gasteiger partial charge on any atom is -0.313 e. The van der Waals surface area contributed by atoms with E-state index in [1.807, 2.05) is 6.20 Å². The molecule has 1 fully saturated rings. The molecule has 0 atom stereocenters. The monoisotopic (exact) mass is 238 g/mol. The summed E-state index contributed by atoms with van der Waals surface area (Å²) < 4.78 is 3.03. The van der Waals surface area contributed by atoms with Crippen molar-refractivity contribution in [1.82, 2.24) is 19.5 Å². The largest absolute Gasteiger partial charge is 0.313 e. The summed E-state index contributed by atoms with van der Waals surface area (Å²) in [6, 6.07) is 0.602. The minimum absolute atomic E-state index is 0.602. The van der Waals surface area contributed by atoms with E-state index in [4.69, 9.17) is 0 Å². The van der Waals surface area contributed by atoms with Crippen LogP contribution in [0.2, 0.25) is 0 Å². The van der Waals surface area contributed by atoms with Gasteiger partial charge < -0.3 is 4.57 Å². The smallest absolute Gasteiger partial charge is 0.181 e. The lowest BCUT2D eigenvalue weighted by molar-refractivity contribution is 0.744. The van der Waals surface area contributed by atoms with E-state index in [0.29, 0.717) is 6.04 Å². The van der Waals surface area contributed by atoms with Gasteiger partial charge in [0.15, 0.2) is 10.4 Å². The van der Waals surface area contributed by atoms with Gasteiger partial charge in [-0.3, -0.25) is 0 Å². The van der Waals surface area contributed by atoms with E-state index in [0.717, 1.165) is 15.9 Å². The molecular weight excluding hydrogens is 232 g/mol. The Morgan fingerprint density at radius 2 is 2.31 bits per heavy atom. The molecule has 0 aromatic carbocycles. The maximum atomic E-state index is 4.30. The Balaban J connectivity index is 2.35. The summed E-state index contributed by atoms with van der Waals surface area (Å²) in [6.07, 6.45) is 5.81. The molecule has 0 saturated heterocycles. The van der Waals surface area contributed by atoms with Crippen molar-refractivity contribution in [2.24, 2.45) is 0 Å². The third-order valence-corrected chi connectivity index (χ3v) is 2.80. The van der Waals surface area contributed by atoms with Crippen LogP contribution in [-0.4, -0.2) is 19.5 Å². The molecule has 1 aliphatic carbocycles. The van der Waals surface area contributed by atoms with Crippen molar-refractivity contribution in [1.29, 1.82) is 0 Å². The molecule has 0 spiro atoms. The molecule has 0 N–H and O–H groups in total. The maximum absolute atomic E-state index is 4.30. The van der Waals surface area contributed by atoms with E-state index in [1.165, 1.54) is 19.2 Å². The lowest BCUT2D eigenvalue weighted by Gasteiger charge is -2.00. The Morgan fingerprint density at radius 1 is 1.46 bits per heavy atom. The highest BCUT2D eigenvalue weighted by atomic mass is 79.9. The first-order valence-corrected chi connectivity index (χ1v) is 4.99. The first-order valence-electron chi connectivity index (χ1n) is 4.19. The van der Waals surface area contributed by atoms with Crippen LogP contribution in [0.4, 0.5) is 0 Å². The molecule has 1 saturated carbocycles. The van der Waals surface area contributed by atoms with E-state index < -0.39 is 0 Å². The molecule has 0 bridgehead atoms. The van der Waals surface area contributed by atoms with Gasteiger partial charge in [0.05, 0.1) is 6.20 Å². The molecule has 5 heteroatoms. The average Bonchev–Trinajstić information content (AvgIpc) is 2.88. The molecule has 2 aromatic heterocycles. The van der Waals surface area contributed by atoms with Crippen molar-refractivity contribution in [2.75, 3.05) is 0 Å². The molecule has 1 aliphatic rings. The molecule has 0 radical (unpaired) electrons. The predicted molar refractivity (Wildman–Crippen MR) is 51.3 cm³/mol. The first-order chi connectivity index (χ1) is 6.36. The van der Waals surface area contributed by atoms with Gasteiger partial charge >= 0.3 is 0 Å². The van der Waals surface area contributed by atoms with Crippen molar-refractivity contribution in [3.05, 3.63) is 17.3 Å². The summed E-state index contributed by atoms with van der Waals surface area (Å²) in [5.41, 5.74) is 1.80. The van der Waals surface area contributed by atoms with Crippen LogP contribution in [0.3, 0.4) is 0 Å². The van der Waals surface area contributed by atoms with E-state index in [1.54, 1.807) is 0 Å². The topological polar surface area (TPSA) is 43.6 Å². The van der Waals surface area contributed by atoms with Crippen molar-refractivity contribution in [3.63, 3.8) is 0 Å². The number of fused-ring (bicyclic) bond motifs is 1. The summed E-state index contributed by atoms with van der Waals surface area (Å²) >= 11 is 3.43. The zero-order valence-corrected chi connectivity index (χ0v) is 8.40. The van der Waals surface area contributed by atoms with Crippen LogP contribution in [0, 0.1) is 0 Å². The molecular formula is C8H7BrN4. The molecule has 2 heterocycles. The molecule has 13 heavy (non-hydrogen) atoms. The summed E-state index contributed by atoms with van der Waals surface area (Å²) in [5, 5.41) is 0. The summed E-state index contributed by atoms with van der Waals surface area (Å²) in [4.78, 5) is 12.4. The number of hydrogen-bond donors (Lipinski definition) is 0. The zero-order valence-electron chi connectivity index (χ0n) is 6.81. The van der Waals surface area contributed by atoms with Crippen molar-refractivity contribution < 1.29 is 0 Å². The highest BCUT2D eigenvalue weighted by Gasteiger charge is 2.27. The Bertz CT molecular complexity index is 460. The normalized spacial score (nSPS) is 16.7. The molecule has 2 aromatic rings. The molecule has 4 nitrogen and oxygen atoms in total. The highest BCUT2D eigenvalue weighted by molar-refractivity contribution is 9.10. The summed E-state index contributed by atoms with van der Waals surface area (Å²) in [7, 11) is 0. The van der Waals surface area contributed by atoms with Gasteiger partial charge in [-0.05, 0) is 28.8 Å². The first kappa shape index (κ1) is 7.44. The zero-order chi connectivity index (χ0) is 8.84. The number of rotatable bonds is 1. The van der Waals surface area contributed by atoms with E-state index in [9.17, 15) is 0 Å². The van der Waals surface area contributed by atoms with Crippen molar-refractivity contribution >= 4 is 27.1 Å². The average molecular weight is 239 g/mol. The third-order valence-electron chi connectivity index (χ3n) is 2.24. The number of halogens is 1. The number of imidazole rings is 1. The van der Waals surface area contributed by atoms with Gasteiger partial charge in [0.25, 0.3) is 0 Å². The number of nitrogens with zero attached hydrogens (tertiary/aromatic N) is 4. The predicted octanol–water partition coefficient (Wildman–Crippen LogP) is 1.92. The van der Waals surface area contributed by atoms with Crippen LogP contribution in [0.5, 0.6) is 0 Å². The summed E-state index contributed by atoms with van der Waals surface area (Å²) in [5.74, 6) is 0. The molecule has 0 unspecified atom stereocenters. The van der Waals surface area contributed by atoms with Crippen molar-refractivity contribution in [2.45, 2.75) is 18.9 Å². The van der Waals surface area contributed by atoms with E-state index >= 15 is 0 Å². The molecule has 66 valence electrons. The highest BCUT2D eigenvalue weighted by Crippen LogP contribution is 2.39. The second kappa shape index (κ2) is 2.51. The van der Waals surface area contributed by atoms with Crippen LogP contribution in [0.1, 0.15) is 18.9 Å². The molecule has 0 aliphatic heterocycles. The second-order valence-electron chi connectivity index (χ2n) is 3.21. The second-order valence-corrected chi connectivity index (χ2v) is 3.92. The van der Waals surface area contributed by atoms with Crippen molar-refractivity contribution in [3.8, 4) is 0 Å². The van der Waals surface area contributed by atoms with Gasteiger partial charge in [0, 0.05) is 6.04 Å². The van der Waals surface area contributed by atoms with Gasteiger partial charge in [0.2, 0.25) is 0 Å². The Morgan fingerprint density at radius 3 is 3.08 bits per heavy atom. The van der Waals surface area contributed by atoms with Gasteiger partial charge in [-0.25, -0.2) is 15.0 Å². The molecule has 3 rings (SSSR count). The molecule has 0 amide bonds. The van der Waals surface area contributed by atoms with Crippen LogP contribution in [-0.2, 0) is 0 Å². The lowest BCUT2D eigenvalue weighted by atomic mass is 10.5. The fraction of sp³-hybridized carbons (Fsp3) is 0.375. The van der Waals surface area contributed by atoms with Crippen LogP contribution in [0.15, 0.2) is 17.3 Å². The third kappa shape index (κ3) is 1.07. The summed E-state index contributed by atoms with van der Waals surface area (Å²) in [6.45, 7) is 0. The fourth-order valence-electron chi connectivity index (χ4n) is 1.49. The van der Waals surface area contributed by atoms with E-state index in [2.05, 4.69) is 35.4 Å². The quantitative estimate of drug-likeness (QED) is 0.714. The SMILES string of the molecule is Brc1nc2ncncc2n1C1CC1. The minimum atomic E-state index is 0.602. The van der Waals surface area contributed by atoms with Crippen LogP contribution in [0.25, 0.3) is 11.2 Å². The Labute approximate surface area is 83.1 Å². The Hall–Kier alpha value is -0.970. The van der Waals surface area contributed by atoms with Crippen LogP contribution >= 0.6 is 15.9 Å². The van der Waals surface area contributed by atoms with Gasteiger partial charge in [-0.2, -0.15) is 0 Å². The number of hydrogen-bond acceptors (Lipinski definition) is 3.